The molecule has 2 atom stereocenters. The van der Waals surface area contributed by atoms with Crippen LogP contribution in [0.15, 0.2) is 24.3 Å². The second kappa shape index (κ2) is 17.2. The average Bonchev–Trinajstić information content (AvgIpc) is 2.88. The first-order valence-electron chi connectivity index (χ1n) is 14.2. The van der Waals surface area contributed by atoms with Crippen molar-refractivity contribution in [2.24, 2.45) is 11.8 Å². The summed E-state index contributed by atoms with van der Waals surface area (Å²) in [5.41, 5.74) is 3.70. The van der Waals surface area contributed by atoms with Crippen molar-refractivity contribution < 1.29 is 38.3 Å². The Labute approximate surface area is 249 Å². The maximum Gasteiger partial charge on any atom is 0.274 e. The van der Waals surface area contributed by atoms with E-state index in [0.717, 1.165) is 0 Å². The largest absolute Gasteiger partial charge is 0.372 e. The van der Waals surface area contributed by atoms with E-state index in [1.165, 1.54) is 24.3 Å². The molecule has 0 unspecified atom stereocenters. The van der Waals surface area contributed by atoms with E-state index in [4.69, 9.17) is 19.1 Å². The number of hydrogen-bond acceptors (Lipinski definition) is 8. The molecule has 1 rings (SSSR count). The Bertz CT molecular complexity index is 954. The molecule has 0 heterocycles. The number of amides is 4. The molecule has 0 aliphatic heterocycles. The molecule has 4 N–H and O–H groups in total. The van der Waals surface area contributed by atoms with E-state index in [2.05, 4.69) is 21.6 Å². The van der Waals surface area contributed by atoms with Gasteiger partial charge >= 0.3 is 0 Å². The van der Waals surface area contributed by atoms with Crippen LogP contribution in [0.2, 0.25) is 0 Å². The summed E-state index contributed by atoms with van der Waals surface area (Å²) in [7, 11) is 0. The van der Waals surface area contributed by atoms with Crippen LogP contribution in [0.4, 0.5) is 0 Å². The summed E-state index contributed by atoms with van der Waals surface area (Å²) >= 11 is 0. The van der Waals surface area contributed by atoms with E-state index in [0.29, 0.717) is 13.1 Å². The van der Waals surface area contributed by atoms with Crippen molar-refractivity contribution in [1.29, 1.82) is 0 Å². The molecule has 0 radical (unpaired) electrons. The van der Waals surface area contributed by atoms with Crippen molar-refractivity contribution in [3.63, 3.8) is 0 Å². The minimum atomic E-state index is -1.10. The third-order valence-electron chi connectivity index (χ3n) is 5.26. The van der Waals surface area contributed by atoms with Crippen LogP contribution >= 0.6 is 0 Å². The lowest BCUT2D eigenvalue weighted by Crippen LogP contribution is -2.46. The Morgan fingerprint density at radius 1 is 0.667 bits per heavy atom. The zero-order valence-corrected chi connectivity index (χ0v) is 26.7. The highest BCUT2D eigenvalue weighted by Crippen LogP contribution is 2.11. The molecular formula is C30H50N4O8. The number of carbonyl (C=O) groups excluding carboxylic acids is 4. The summed E-state index contributed by atoms with van der Waals surface area (Å²) in [6.45, 7) is 19.6. The highest BCUT2D eigenvalue weighted by atomic mass is 16.7. The second-order valence-corrected chi connectivity index (χ2v) is 12.8. The molecule has 238 valence electrons. The van der Waals surface area contributed by atoms with Crippen molar-refractivity contribution in [1.82, 2.24) is 21.6 Å². The first kappa shape index (κ1) is 37.0. The van der Waals surface area contributed by atoms with Gasteiger partial charge < -0.3 is 20.1 Å². The summed E-state index contributed by atoms with van der Waals surface area (Å²) in [6, 6.07) is 5.80. The van der Waals surface area contributed by atoms with Crippen LogP contribution in [-0.4, -0.2) is 73.3 Å². The summed E-state index contributed by atoms with van der Waals surface area (Å²) in [6.07, 6.45) is -2.19. The van der Waals surface area contributed by atoms with E-state index in [9.17, 15) is 19.2 Å². The fraction of sp³-hybridized carbons (Fsp3) is 0.667. The normalized spacial score (nSPS) is 13.4. The van der Waals surface area contributed by atoms with Gasteiger partial charge in [0.15, 0.2) is 12.2 Å². The van der Waals surface area contributed by atoms with Crippen LogP contribution in [0.25, 0.3) is 0 Å². The fourth-order valence-electron chi connectivity index (χ4n) is 2.98. The van der Waals surface area contributed by atoms with Gasteiger partial charge in [-0.3, -0.25) is 28.9 Å². The highest BCUT2D eigenvalue weighted by molar-refractivity contribution is 5.99. The van der Waals surface area contributed by atoms with Crippen LogP contribution in [0.5, 0.6) is 0 Å². The smallest absolute Gasteiger partial charge is 0.274 e. The Kier molecular flexibility index (Phi) is 15.1. The van der Waals surface area contributed by atoms with Crippen molar-refractivity contribution in [3.05, 3.63) is 35.4 Å². The summed E-state index contributed by atoms with van der Waals surface area (Å²) < 4.78 is 11.4. The minimum absolute atomic E-state index is 0.0850. The number of ether oxygens (including phenoxy) is 2. The van der Waals surface area contributed by atoms with Crippen LogP contribution in [-0.2, 0) is 28.7 Å². The predicted molar refractivity (Wildman–Crippen MR) is 158 cm³/mol. The van der Waals surface area contributed by atoms with Gasteiger partial charge in [-0.05, 0) is 71.6 Å². The fourth-order valence-corrected chi connectivity index (χ4v) is 2.98. The van der Waals surface area contributed by atoms with Crippen LogP contribution < -0.4 is 21.6 Å². The molecule has 42 heavy (non-hydrogen) atoms. The van der Waals surface area contributed by atoms with E-state index < -0.39 is 47.0 Å². The van der Waals surface area contributed by atoms with E-state index in [-0.39, 0.29) is 36.2 Å². The lowest BCUT2D eigenvalue weighted by Gasteiger charge is -2.24. The topological polar surface area (TPSA) is 153 Å². The summed E-state index contributed by atoms with van der Waals surface area (Å²) in [5.74, 6) is -1.76. The molecule has 0 saturated heterocycles. The van der Waals surface area contributed by atoms with Gasteiger partial charge in [-0.1, -0.05) is 33.8 Å². The standard InChI is InChI=1S/C30H50N4O8/c1-19(2)15-31-27(37)23(17-39-29(5,6)7)41-33-25(35)21-12-11-13-22(14-21)26(36)34-42-24(18-40-30(8,9)10)28(38)32-16-20(3)4/h11-14,19-20,23-24H,15-18H2,1-10H3,(H,31,37)(H,32,38)(H,33,35)(H,34,36)/t23-,24-/m1/s1. The predicted octanol–water partition coefficient (Wildman–Crippen LogP) is 2.92. The molecule has 0 aromatic heterocycles. The lowest BCUT2D eigenvalue weighted by atomic mass is 10.1. The van der Waals surface area contributed by atoms with Crippen LogP contribution in [0.1, 0.15) is 90.0 Å². The number of hydrogen-bond donors (Lipinski definition) is 4. The quantitative estimate of drug-likeness (QED) is 0.213. The van der Waals surface area contributed by atoms with Gasteiger partial charge in [-0.2, -0.15) is 0 Å². The molecule has 12 heteroatoms. The molecule has 4 amide bonds. The average molecular weight is 595 g/mol. The minimum Gasteiger partial charge on any atom is -0.372 e. The molecule has 0 fully saturated rings. The van der Waals surface area contributed by atoms with Gasteiger partial charge in [0.2, 0.25) is 0 Å². The molecule has 0 saturated carbocycles. The van der Waals surface area contributed by atoms with E-state index >= 15 is 0 Å². The Hall–Kier alpha value is -3.06. The maximum atomic E-state index is 12.8. The first-order valence-corrected chi connectivity index (χ1v) is 14.2. The number of benzene rings is 1. The van der Waals surface area contributed by atoms with Crippen molar-refractivity contribution in [3.8, 4) is 0 Å². The van der Waals surface area contributed by atoms with Crippen LogP contribution in [0, 0.1) is 11.8 Å². The van der Waals surface area contributed by atoms with Gasteiger partial charge in [0.1, 0.15) is 0 Å². The monoisotopic (exact) mass is 594 g/mol. The molecule has 1 aromatic rings. The summed E-state index contributed by atoms with van der Waals surface area (Å²) in [4.78, 5) is 61.8. The SMILES string of the molecule is CC(C)CNC(=O)[C@@H](COC(C)(C)C)ONC(=O)c1cccc(C(=O)NO[C@H](COC(C)(C)C)C(=O)NCC(C)C)c1. The Balaban J connectivity index is 2.88. The third kappa shape index (κ3) is 15.8. The molecule has 0 spiro atoms. The number of hydroxylamine groups is 2. The van der Waals surface area contributed by atoms with Gasteiger partial charge in [0.25, 0.3) is 23.6 Å². The first-order chi connectivity index (χ1) is 19.4. The van der Waals surface area contributed by atoms with E-state index in [1.54, 1.807) is 0 Å². The molecule has 12 nitrogen and oxygen atoms in total. The lowest BCUT2D eigenvalue weighted by molar-refractivity contribution is -0.148. The van der Waals surface area contributed by atoms with Gasteiger partial charge in [0, 0.05) is 24.2 Å². The number of carbonyl (C=O) groups is 4. The Morgan fingerprint density at radius 3 is 1.33 bits per heavy atom. The van der Waals surface area contributed by atoms with Gasteiger partial charge in [-0.15, -0.1) is 0 Å². The molecule has 0 aliphatic rings. The Morgan fingerprint density at radius 2 is 1.02 bits per heavy atom. The molecule has 0 bridgehead atoms. The van der Waals surface area contributed by atoms with Crippen molar-refractivity contribution >= 4 is 23.6 Å². The van der Waals surface area contributed by atoms with Gasteiger partial charge in [0.05, 0.1) is 24.4 Å². The van der Waals surface area contributed by atoms with Crippen molar-refractivity contribution in [2.75, 3.05) is 26.3 Å². The van der Waals surface area contributed by atoms with Crippen LogP contribution in [0.3, 0.4) is 0 Å². The van der Waals surface area contributed by atoms with Crippen molar-refractivity contribution in [2.45, 2.75) is 92.6 Å². The van der Waals surface area contributed by atoms with Gasteiger partial charge in [-0.25, -0.2) is 11.0 Å². The highest BCUT2D eigenvalue weighted by Gasteiger charge is 2.26. The summed E-state index contributed by atoms with van der Waals surface area (Å²) in [5, 5.41) is 5.54. The zero-order valence-electron chi connectivity index (χ0n) is 26.7. The number of rotatable bonds is 16. The molecule has 0 aliphatic carbocycles. The molecular weight excluding hydrogens is 544 g/mol. The molecule has 1 aromatic carbocycles. The van der Waals surface area contributed by atoms with E-state index in [1.807, 2.05) is 69.2 Å². The maximum absolute atomic E-state index is 12.8. The second-order valence-electron chi connectivity index (χ2n) is 12.8. The number of nitrogens with one attached hydrogen (secondary N) is 4. The third-order valence-corrected chi connectivity index (χ3v) is 5.26. The zero-order chi connectivity index (χ0) is 32.1.